The predicted molar refractivity (Wildman–Crippen MR) is 125 cm³/mol. The predicted octanol–water partition coefficient (Wildman–Crippen LogP) is 2.58. The van der Waals surface area contributed by atoms with Crippen LogP contribution in [0.1, 0.15) is 38.2 Å². The number of benzene rings is 1. The lowest BCUT2D eigenvalue weighted by Gasteiger charge is -2.32. The van der Waals surface area contributed by atoms with Gasteiger partial charge in [0.15, 0.2) is 16.7 Å². The summed E-state index contributed by atoms with van der Waals surface area (Å²) in [4.78, 5) is 15.3. The van der Waals surface area contributed by atoms with Crippen molar-refractivity contribution in [3.05, 3.63) is 23.8 Å². The smallest absolute Gasteiger partial charge is 0.231 e. The zero-order chi connectivity index (χ0) is 22.7. The fourth-order valence-corrected chi connectivity index (χ4v) is 5.70. The summed E-state index contributed by atoms with van der Waals surface area (Å²) in [6.07, 6.45) is 4.04. The lowest BCUT2D eigenvalue weighted by Crippen LogP contribution is -2.44. The number of thioether (sulfide) groups is 1. The molecule has 3 heterocycles. The number of amides is 1. The number of carbonyl (C=O) groups is 1. The van der Waals surface area contributed by atoms with Crippen molar-refractivity contribution in [1.82, 2.24) is 20.1 Å². The van der Waals surface area contributed by atoms with Crippen LogP contribution < -0.4 is 19.7 Å². The van der Waals surface area contributed by atoms with E-state index in [0.29, 0.717) is 32.2 Å². The first-order chi connectivity index (χ1) is 16.2. The monoisotopic (exact) mass is 473 g/mol. The third kappa shape index (κ3) is 4.63. The summed E-state index contributed by atoms with van der Waals surface area (Å²) in [6, 6.07) is 6.06. The van der Waals surface area contributed by atoms with Crippen molar-refractivity contribution in [2.45, 2.75) is 49.8 Å². The maximum atomic E-state index is 13.1. The van der Waals surface area contributed by atoms with Crippen molar-refractivity contribution < 1.29 is 19.0 Å². The summed E-state index contributed by atoms with van der Waals surface area (Å²) >= 11 is 1.44. The summed E-state index contributed by atoms with van der Waals surface area (Å²) < 4.78 is 19.0. The molecule has 1 aliphatic carbocycles. The second-order valence-electron chi connectivity index (χ2n) is 8.61. The van der Waals surface area contributed by atoms with Gasteiger partial charge in [0, 0.05) is 19.6 Å². The number of aromatic nitrogens is 3. The van der Waals surface area contributed by atoms with Gasteiger partial charge >= 0.3 is 0 Å². The first kappa shape index (κ1) is 22.3. The molecule has 0 unspecified atom stereocenters. The molecule has 178 valence electrons. The molecule has 1 amide bonds. The second kappa shape index (κ2) is 9.80. The van der Waals surface area contributed by atoms with Gasteiger partial charge in [0.2, 0.25) is 11.9 Å². The fraction of sp³-hybridized carbons (Fsp3) is 0.609. The Morgan fingerprint density at radius 3 is 2.61 bits per heavy atom. The van der Waals surface area contributed by atoms with Crippen LogP contribution in [0.3, 0.4) is 0 Å². The number of hydrogen-bond donors (Lipinski definition) is 1. The average Bonchev–Trinajstić information content (AvgIpc) is 3.50. The van der Waals surface area contributed by atoms with Crippen LogP contribution in [0.15, 0.2) is 23.4 Å². The molecule has 0 bridgehead atoms. The van der Waals surface area contributed by atoms with Crippen LogP contribution in [0.2, 0.25) is 0 Å². The van der Waals surface area contributed by atoms with Gasteiger partial charge in [-0.25, -0.2) is 0 Å². The first-order valence-electron chi connectivity index (χ1n) is 11.8. The second-order valence-corrected chi connectivity index (χ2v) is 9.55. The number of nitrogens with zero attached hydrogens (tertiary/aromatic N) is 4. The van der Waals surface area contributed by atoms with E-state index in [4.69, 9.17) is 14.2 Å². The highest BCUT2D eigenvalue weighted by atomic mass is 32.2. The molecule has 2 aliphatic heterocycles. The first-order valence-corrected chi connectivity index (χ1v) is 12.8. The molecule has 2 aromatic rings. The van der Waals surface area contributed by atoms with Gasteiger partial charge in [-0.1, -0.05) is 30.7 Å². The van der Waals surface area contributed by atoms with Gasteiger partial charge in [0.25, 0.3) is 0 Å². The number of carbonyl (C=O) groups excluding carboxylic acids is 1. The Labute approximate surface area is 198 Å². The Bertz CT molecular complexity index is 985. The van der Waals surface area contributed by atoms with Crippen molar-refractivity contribution in [3.8, 4) is 11.5 Å². The van der Waals surface area contributed by atoms with E-state index in [9.17, 15) is 4.79 Å². The Morgan fingerprint density at radius 2 is 1.85 bits per heavy atom. The summed E-state index contributed by atoms with van der Waals surface area (Å²) in [5.74, 6) is 2.70. The van der Waals surface area contributed by atoms with Crippen molar-refractivity contribution >= 4 is 23.6 Å². The molecule has 10 heteroatoms. The molecule has 1 saturated heterocycles. The summed E-state index contributed by atoms with van der Waals surface area (Å²) in [6.45, 7) is 6.96. The van der Waals surface area contributed by atoms with Gasteiger partial charge < -0.3 is 24.4 Å². The Morgan fingerprint density at radius 1 is 1.09 bits per heavy atom. The van der Waals surface area contributed by atoms with Gasteiger partial charge in [-0.15, -0.1) is 10.2 Å². The van der Waals surface area contributed by atoms with Crippen LogP contribution in [0, 0.1) is 0 Å². The van der Waals surface area contributed by atoms with E-state index in [1.165, 1.54) is 11.8 Å². The van der Waals surface area contributed by atoms with Crippen molar-refractivity contribution in [3.63, 3.8) is 0 Å². The van der Waals surface area contributed by atoms with E-state index < -0.39 is 0 Å². The zero-order valence-corrected chi connectivity index (χ0v) is 19.9. The van der Waals surface area contributed by atoms with Gasteiger partial charge in [-0.2, -0.15) is 0 Å². The van der Waals surface area contributed by atoms with Crippen LogP contribution >= 0.6 is 11.8 Å². The van der Waals surface area contributed by atoms with E-state index in [-0.39, 0.29) is 11.4 Å². The number of morpholine rings is 1. The van der Waals surface area contributed by atoms with E-state index in [0.717, 1.165) is 73.5 Å². The minimum Gasteiger partial charge on any atom is -0.486 e. The molecular formula is C23H31N5O4S. The van der Waals surface area contributed by atoms with Crippen LogP contribution in [-0.4, -0.2) is 65.9 Å². The summed E-state index contributed by atoms with van der Waals surface area (Å²) in [5.41, 5.74) is 0.735. The number of anilines is 1. The highest BCUT2D eigenvalue weighted by molar-refractivity contribution is 7.99. The van der Waals surface area contributed by atoms with E-state index in [1.807, 2.05) is 12.1 Å². The molecule has 0 spiro atoms. The Kier molecular flexibility index (Phi) is 6.64. The molecule has 1 aromatic carbocycles. The highest BCUT2D eigenvalue weighted by Gasteiger charge is 2.38. The zero-order valence-electron chi connectivity index (χ0n) is 19.0. The maximum Gasteiger partial charge on any atom is 0.231 e. The molecule has 3 aliphatic rings. The third-order valence-corrected chi connectivity index (χ3v) is 7.54. The normalized spacial score (nSPS) is 19.5. The largest absolute Gasteiger partial charge is 0.486 e. The molecule has 1 aromatic heterocycles. The number of ether oxygens (including phenoxy) is 3. The topological polar surface area (TPSA) is 90.7 Å². The molecule has 2 fully saturated rings. The van der Waals surface area contributed by atoms with E-state index in [1.54, 1.807) is 0 Å². The van der Waals surface area contributed by atoms with Gasteiger partial charge in [-0.05, 0) is 37.5 Å². The van der Waals surface area contributed by atoms with Crippen LogP contribution in [-0.2, 0) is 21.6 Å². The molecule has 1 saturated carbocycles. The molecule has 5 rings (SSSR count). The summed E-state index contributed by atoms with van der Waals surface area (Å²) in [7, 11) is 0. The number of rotatable bonds is 7. The molecule has 33 heavy (non-hydrogen) atoms. The summed E-state index contributed by atoms with van der Waals surface area (Å²) in [5, 5.41) is 12.9. The molecule has 0 radical (unpaired) electrons. The number of hydrogen-bond acceptors (Lipinski definition) is 8. The highest BCUT2D eigenvalue weighted by Crippen LogP contribution is 2.42. The Hall–Kier alpha value is -2.46. The van der Waals surface area contributed by atoms with Gasteiger partial charge in [-0.3, -0.25) is 9.36 Å². The third-order valence-electron chi connectivity index (χ3n) is 6.57. The quantitative estimate of drug-likeness (QED) is 0.614. The molecular weight excluding hydrogens is 442 g/mol. The van der Waals surface area contributed by atoms with E-state index in [2.05, 4.69) is 38.0 Å². The van der Waals surface area contributed by atoms with Crippen molar-refractivity contribution in [2.24, 2.45) is 0 Å². The minimum absolute atomic E-state index is 0.00960. The van der Waals surface area contributed by atoms with Crippen molar-refractivity contribution in [1.29, 1.82) is 0 Å². The average molecular weight is 474 g/mol. The SMILES string of the molecule is CCn1c(SCC(=O)NC2(c3ccc4c(c3)OCCO4)CCCC2)nnc1N1CCOCC1. The Balaban J connectivity index is 1.27. The van der Waals surface area contributed by atoms with Crippen LogP contribution in [0.25, 0.3) is 0 Å². The maximum absolute atomic E-state index is 13.1. The number of fused-ring (bicyclic) bond motifs is 1. The van der Waals surface area contributed by atoms with E-state index >= 15 is 0 Å². The van der Waals surface area contributed by atoms with Crippen molar-refractivity contribution in [2.75, 3.05) is 50.2 Å². The van der Waals surface area contributed by atoms with Crippen LogP contribution in [0.5, 0.6) is 11.5 Å². The van der Waals surface area contributed by atoms with Gasteiger partial charge in [0.05, 0.1) is 24.5 Å². The lowest BCUT2D eigenvalue weighted by molar-refractivity contribution is -0.120. The number of nitrogens with one attached hydrogen (secondary N) is 1. The molecule has 9 nitrogen and oxygen atoms in total. The minimum atomic E-state index is -0.356. The van der Waals surface area contributed by atoms with Gasteiger partial charge in [0.1, 0.15) is 13.2 Å². The lowest BCUT2D eigenvalue weighted by atomic mass is 9.87. The standard InChI is InChI=1S/C23H31N5O4S/c1-2-28-21(27-9-11-30-12-10-27)25-26-22(28)33-16-20(29)24-23(7-3-4-8-23)17-5-6-18-19(15-17)32-14-13-31-18/h5-6,15H,2-4,7-14,16H2,1H3,(H,24,29). The fourth-order valence-electron chi connectivity index (χ4n) is 4.90. The van der Waals surface area contributed by atoms with Crippen LogP contribution in [0.4, 0.5) is 5.95 Å². The molecule has 0 atom stereocenters. The molecule has 1 N–H and O–H groups in total.